The average molecular weight is 312 g/mol. The van der Waals surface area contributed by atoms with Crippen LogP contribution in [0.4, 0.5) is 4.79 Å². The van der Waals surface area contributed by atoms with Crippen LogP contribution in [0.1, 0.15) is 38.0 Å². The van der Waals surface area contributed by atoms with Gasteiger partial charge in [-0.05, 0) is 44.4 Å². The van der Waals surface area contributed by atoms with E-state index in [1.165, 1.54) is 0 Å². The molecule has 1 aromatic carbocycles. The maximum absolute atomic E-state index is 12.0. The van der Waals surface area contributed by atoms with E-state index in [0.29, 0.717) is 13.2 Å². The number of likely N-dealkylation sites (N-methyl/N-ethyl adjacent to an activating group) is 1. The van der Waals surface area contributed by atoms with Crippen molar-refractivity contribution in [2.24, 2.45) is 0 Å². The molecular weight excluding hydrogens is 290 g/mol. The van der Waals surface area contributed by atoms with Crippen molar-refractivity contribution < 1.29 is 14.3 Å². The van der Waals surface area contributed by atoms with Gasteiger partial charge in [0.2, 0.25) is 0 Å². The Morgan fingerprint density at radius 2 is 2.19 bits per heavy atom. The fraction of sp³-hybridized carbons (Fsp3) is 0.562. The number of hydrogen-bond donors (Lipinski definition) is 0. The van der Waals surface area contributed by atoms with Crippen molar-refractivity contribution in [3.8, 4) is 0 Å². The molecule has 21 heavy (non-hydrogen) atoms. The first-order valence-electron chi connectivity index (χ1n) is 7.11. The van der Waals surface area contributed by atoms with Crippen molar-refractivity contribution in [2.45, 2.75) is 38.9 Å². The molecule has 1 heterocycles. The van der Waals surface area contributed by atoms with Gasteiger partial charge in [-0.1, -0.05) is 23.7 Å². The van der Waals surface area contributed by atoms with Gasteiger partial charge in [0.25, 0.3) is 0 Å². The molecule has 0 saturated carbocycles. The topological polar surface area (TPSA) is 38.8 Å². The summed E-state index contributed by atoms with van der Waals surface area (Å²) in [6.45, 7) is 6.62. The Hall–Kier alpha value is -1.26. The van der Waals surface area contributed by atoms with Crippen LogP contribution >= 0.6 is 11.6 Å². The molecular formula is C16H22ClNO3. The molecule has 116 valence electrons. The third-order valence-corrected chi connectivity index (χ3v) is 3.67. The summed E-state index contributed by atoms with van der Waals surface area (Å²) in [5, 5.41) is 0.765. The van der Waals surface area contributed by atoms with Gasteiger partial charge in [-0.25, -0.2) is 4.79 Å². The lowest BCUT2D eigenvalue weighted by Crippen LogP contribution is -2.37. The van der Waals surface area contributed by atoms with E-state index in [-0.39, 0.29) is 12.2 Å². The number of hydrogen-bond acceptors (Lipinski definition) is 3. The van der Waals surface area contributed by atoms with Gasteiger partial charge in [-0.3, -0.25) is 0 Å². The standard InChI is InChI=1S/C16H22ClNO3/c1-16(2,3)21-15(19)18(4)10-14-12-6-5-7-13(17)11(12)8-9-20-14/h5-7,14H,8-10H2,1-4H3. The lowest BCUT2D eigenvalue weighted by Gasteiger charge is -2.31. The highest BCUT2D eigenvalue weighted by Gasteiger charge is 2.27. The van der Waals surface area contributed by atoms with E-state index in [4.69, 9.17) is 21.1 Å². The van der Waals surface area contributed by atoms with Gasteiger partial charge in [0.05, 0.1) is 13.2 Å². The fourth-order valence-electron chi connectivity index (χ4n) is 2.35. The molecule has 5 heteroatoms. The first-order valence-corrected chi connectivity index (χ1v) is 7.49. The maximum Gasteiger partial charge on any atom is 0.410 e. The molecule has 1 aliphatic heterocycles. The fourth-order valence-corrected chi connectivity index (χ4v) is 2.62. The number of halogens is 1. The Kier molecular flexibility index (Phi) is 4.79. The Morgan fingerprint density at radius 1 is 1.48 bits per heavy atom. The monoisotopic (exact) mass is 311 g/mol. The quantitative estimate of drug-likeness (QED) is 0.833. The van der Waals surface area contributed by atoms with E-state index in [1.54, 1.807) is 11.9 Å². The van der Waals surface area contributed by atoms with Crippen LogP contribution in [0.15, 0.2) is 18.2 Å². The third kappa shape index (κ3) is 4.11. The van der Waals surface area contributed by atoms with Gasteiger partial charge in [0.1, 0.15) is 11.7 Å². The van der Waals surface area contributed by atoms with Crippen LogP contribution in [0.3, 0.4) is 0 Å². The summed E-state index contributed by atoms with van der Waals surface area (Å²) in [7, 11) is 1.72. The Balaban J connectivity index is 2.08. The van der Waals surface area contributed by atoms with Gasteiger partial charge in [-0.2, -0.15) is 0 Å². The van der Waals surface area contributed by atoms with E-state index < -0.39 is 5.60 Å². The number of carbonyl (C=O) groups is 1. The minimum absolute atomic E-state index is 0.162. The number of nitrogens with zero attached hydrogens (tertiary/aromatic N) is 1. The van der Waals surface area contributed by atoms with Crippen LogP contribution in [0.2, 0.25) is 5.02 Å². The number of ether oxygens (including phenoxy) is 2. The summed E-state index contributed by atoms with van der Waals surface area (Å²) < 4.78 is 11.2. The van der Waals surface area contributed by atoms with Crippen molar-refractivity contribution >= 4 is 17.7 Å². The smallest absolute Gasteiger partial charge is 0.410 e. The second-order valence-corrected chi connectivity index (χ2v) is 6.69. The van der Waals surface area contributed by atoms with Crippen LogP contribution in [-0.2, 0) is 15.9 Å². The molecule has 1 unspecified atom stereocenters. The molecule has 0 aliphatic carbocycles. The highest BCUT2D eigenvalue weighted by Crippen LogP contribution is 2.32. The second-order valence-electron chi connectivity index (χ2n) is 6.28. The highest BCUT2D eigenvalue weighted by atomic mass is 35.5. The Labute approximate surface area is 131 Å². The molecule has 0 aromatic heterocycles. The summed E-state index contributed by atoms with van der Waals surface area (Å²) >= 11 is 6.23. The minimum atomic E-state index is -0.500. The predicted octanol–water partition coefficient (Wildman–Crippen LogP) is 3.82. The van der Waals surface area contributed by atoms with E-state index in [1.807, 2.05) is 39.0 Å². The van der Waals surface area contributed by atoms with Gasteiger partial charge in [0.15, 0.2) is 0 Å². The maximum atomic E-state index is 12.0. The summed E-state index contributed by atoms with van der Waals surface area (Å²) in [4.78, 5) is 13.6. The molecule has 0 fully saturated rings. The summed E-state index contributed by atoms with van der Waals surface area (Å²) in [6.07, 6.45) is 0.298. The first-order chi connectivity index (χ1) is 9.78. The van der Waals surface area contributed by atoms with Crippen LogP contribution < -0.4 is 0 Å². The number of carbonyl (C=O) groups excluding carboxylic acids is 1. The average Bonchev–Trinajstić information content (AvgIpc) is 2.38. The van der Waals surface area contributed by atoms with Gasteiger partial charge < -0.3 is 14.4 Å². The summed E-state index contributed by atoms with van der Waals surface area (Å²) in [6, 6.07) is 5.81. The van der Waals surface area contributed by atoms with E-state index in [2.05, 4.69) is 0 Å². The largest absolute Gasteiger partial charge is 0.444 e. The molecule has 0 spiro atoms. The van der Waals surface area contributed by atoms with Gasteiger partial charge in [-0.15, -0.1) is 0 Å². The molecule has 4 nitrogen and oxygen atoms in total. The third-order valence-electron chi connectivity index (χ3n) is 3.32. The Morgan fingerprint density at radius 3 is 2.86 bits per heavy atom. The van der Waals surface area contributed by atoms with Crippen LogP contribution in [0.5, 0.6) is 0 Å². The molecule has 0 N–H and O–H groups in total. The van der Waals surface area contributed by atoms with E-state index in [9.17, 15) is 4.79 Å². The first kappa shape index (κ1) is 16.1. The molecule has 1 aliphatic rings. The van der Waals surface area contributed by atoms with E-state index in [0.717, 1.165) is 22.6 Å². The lowest BCUT2D eigenvalue weighted by molar-refractivity contribution is -0.00163. The van der Waals surface area contributed by atoms with Crippen LogP contribution in [0.25, 0.3) is 0 Å². The number of amides is 1. The van der Waals surface area contributed by atoms with Crippen LogP contribution in [-0.4, -0.2) is 36.8 Å². The summed E-state index contributed by atoms with van der Waals surface area (Å²) in [5.41, 5.74) is 1.68. The zero-order chi connectivity index (χ0) is 15.6. The molecule has 1 aromatic rings. The molecule has 1 atom stereocenters. The van der Waals surface area contributed by atoms with Gasteiger partial charge >= 0.3 is 6.09 Å². The van der Waals surface area contributed by atoms with Crippen molar-refractivity contribution in [1.29, 1.82) is 0 Å². The second kappa shape index (κ2) is 6.24. The SMILES string of the molecule is CN(CC1OCCc2c(Cl)cccc21)C(=O)OC(C)(C)C. The molecule has 0 bridgehead atoms. The minimum Gasteiger partial charge on any atom is -0.444 e. The van der Waals surface area contributed by atoms with Crippen molar-refractivity contribution in [3.05, 3.63) is 34.3 Å². The summed E-state index contributed by atoms with van der Waals surface area (Å²) in [5.74, 6) is 0. The Bertz CT molecular complexity index is 525. The van der Waals surface area contributed by atoms with Crippen molar-refractivity contribution in [3.63, 3.8) is 0 Å². The van der Waals surface area contributed by atoms with E-state index >= 15 is 0 Å². The zero-order valence-corrected chi connectivity index (χ0v) is 13.7. The zero-order valence-electron chi connectivity index (χ0n) is 13.0. The predicted molar refractivity (Wildman–Crippen MR) is 82.7 cm³/mol. The normalized spacial score (nSPS) is 18.0. The molecule has 2 rings (SSSR count). The molecule has 1 amide bonds. The van der Waals surface area contributed by atoms with Crippen molar-refractivity contribution in [2.75, 3.05) is 20.2 Å². The van der Waals surface area contributed by atoms with Gasteiger partial charge in [0, 0.05) is 12.1 Å². The van der Waals surface area contributed by atoms with Crippen molar-refractivity contribution in [1.82, 2.24) is 4.90 Å². The number of rotatable bonds is 2. The molecule has 0 radical (unpaired) electrons. The number of benzene rings is 1. The van der Waals surface area contributed by atoms with Crippen LogP contribution in [0, 0.1) is 0 Å². The number of fused-ring (bicyclic) bond motifs is 1. The highest BCUT2D eigenvalue weighted by molar-refractivity contribution is 6.31. The molecule has 0 saturated heterocycles. The lowest BCUT2D eigenvalue weighted by atomic mass is 9.97.